The lowest BCUT2D eigenvalue weighted by atomic mass is 9.94. The molecule has 6 heterocycles. The van der Waals surface area contributed by atoms with Gasteiger partial charge >= 0.3 is 6.18 Å². The number of halogens is 3. The molecule has 4 aromatic heterocycles. The number of piperidine rings is 1. The van der Waals surface area contributed by atoms with Gasteiger partial charge in [-0.25, -0.2) is 4.52 Å². The fourth-order valence-corrected chi connectivity index (χ4v) is 5.58. The third-order valence-corrected chi connectivity index (χ3v) is 7.32. The number of carbonyl (C=O) groups is 1. The molecule has 0 aromatic carbocycles. The highest BCUT2D eigenvalue weighted by Gasteiger charge is 2.42. The third kappa shape index (κ3) is 6.50. The number of Topliss-reactive ketones (excluding diaryl/α,β-unsaturated/α-hetero) is 1. The Morgan fingerprint density at radius 3 is 2.63 bits per heavy atom. The van der Waals surface area contributed by atoms with Crippen molar-refractivity contribution in [2.45, 2.75) is 70.1 Å². The van der Waals surface area contributed by atoms with Crippen LogP contribution in [0.25, 0.3) is 16.6 Å². The van der Waals surface area contributed by atoms with Crippen molar-refractivity contribution in [3.8, 4) is 16.9 Å². The summed E-state index contributed by atoms with van der Waals surface area (Å²) in [5.41, 5.74) is 0.931. The largest absolute Gasteiger partial charge is 0.488 e. The van der Waals surface area contributed by atoms with Gasteiger partial charge < -0.3 is 25.2 Å². The molecule has 0 unspecified atom stereocenters. The van der Waals surface area contributed by atoms with E-state index in [4.69, 9.17) is 9.47 Å². The Bertz CT molecular complexity index is 1650. The van der Waals surface area contributed by atoms with E-state index in [1.807, 2.05) is 25.1 Å². The zero-order chi connectivity index (χ0) is 30.5. The van der Waals surface area contributed by atoms with E-state index in [0.29, 0.717) is 24.5 Å². The van der Waals surface area contributed by atoms with Gasteiger partial charge in [0, 0.05) is 54.6 Å². The number of hydrogen-bond acceptors (Lipinski definition) is 9. The molecule has 2 saturated heterocycles. The van der Waals surface area contributed by atoms with Gasteiger partial charge in [0.05, 0.1) is 42.8 Å². The SMILES string of the molecule is Cc1cc(-c2ccn3nc(Nc4cn(CC(C)(C)O)nc4C(=O)C(F)(F)F)cc3c2)c(O[C@H]2C[C@H]3COC[C@@H](C2)N3)cn1. The highest BCUT2D eigenvalue weighted by atomic mass is 19.4. The van der Waals surface area contributed by atoms with Gasteiger partial charge in [0.15, 0.2) is 11.5 Å². The van der Waals surface area contributed by atoms with E-state index in [2.05, 4.69) is 25.8 Å². The molecule has 2 bridgehead atoms. The molecule has 0 saturated carbocycles. The van der Waals surface area contributed by atoms with Gasteiger partial charge in [0.2, 0.25) is 0 Å². The normalized spacial score (nSPS) is 20.8. The first-order chi connectivity index (χ1) is 20.3. The lowest BCUT2D eigenvalue weighted by Gasteiger charge is -2.40. The first kappa shape index (κ1) is 29.1. The first-order valence-electron chi connectivity index (χ1n) is 14.0. The van der Waals surface area contributed by atoms with Crippen molar-refractivity contribution in [3.63, 3.8) is 0 Å². The molecule has 14 heteroatoms. The van der Waals surface area contributed by atoms with Crippen LogP contribution < -0.4 is 15.4 Å². The molecule has 2 aliphatic rings. The predicted molar refractivity (Wildman–Crippen MR) is 151 cm³/mol. The van der Waals surface area contributed by atoms with Crippen LogP contribution in [0.15, 0.2) is 42.9 Å². The maximum Gasteiger partial charge on any atom is 0.456 e. The van der Waals surface area contributed by atoms with Crippen molar-refractivity contribution < 1.29 is 32.5 Å². The highest BCUT2D eigenvalue weighted by Crippen LogP contribution is 2.34. The zero-order valence-corrected chi connectivity index (χ0v) is 23.9. The summed E-state index contributed by atoms with van der Waals surface area (Å²) in [6, 6.07) is 7.88. The number of nitrogens with one attached hydrogen (secondary N) is 2. The number of aliphatic hydroxyl groups is 1. The smallest absolute Gasteiger partial charge is 0.456 e. The summed E-state index contributed by atoms with van der Waals surface area (Å²) in [5.74, 6) is -1.23. The van der Waals surface area contributed by atoms with E-state index in [1.165, 1.54) is 20.0 Å². The number of ether oxygens (including phenoxy) is 2. The molecule has 0 aliphatic carbocycles. The number of rotatable bonds is 8. The van der Waals surface area contributed by atoms with Crippen LogP contribution in [0.5, 0.6) is 5.75 Å². The van der Waals surface area contributed by atoms with E-state index in [-0.39, 0.29) is 36.2 Å². The number of nitrogens with zero attached hydrogens (tertiary/aromatic N) is 5. The lowest BCUT2D eigenvalue weighted by molar-refractivity contribution is -0.0888. The van der Waals surface area contributed by atoms with E-state index in [0.717, 1.165) is 34.3 Å². The third-order valence-electron chi connectivity index (χ3n) is 7.32. The Morgan fingerprint density at radius 2 is 1.93 bits per heavy atom. The molecule has 0 radical (unpaired) electrons. The van der Waals surface area contributed by atoms with Crippen molar-refractivity contribution in [2.75, 3.05) is 18.5 Å². The number of aryl methyl sites for hydroxylation is 1. The van der Waals surface area contributed by atoms with Crippen LogP contribution in [-0.2, 0) is 11.3 Å². The number of pyridine rings is 2. The van der Waals surface area contributed by atoms with E-state index in [1.54, 1.807) is 23.0 Å². The number of carbonyl (C=O) groups excluding carboxylic acids is 1. The Labute approximate surface area is 245 Å². The van der Waals surface area contributed by atoms with Crippen molar-refractivity contribution in [2.24, 2.45) is 0 Å². The standard InChI is InChI=1S/C29H32F3N7O4/c1-16-6-22(24(11-33-16)43-21-8-18-13-42-14-19(9-21)34-18)17-4-5-39-20(7-17)10-25(36-39)35-23-12-38(15-28(2,3)41)37-26(23)27(40)29(30,31)32/h4-7,10-12,18-19,21,34,41H,8-9,13-15H2,1-3H3,(H,35,36)/t18-,19+,21-. The van der Waals surface area contributed by atoms with Gasteiger partial charge in [-0.15, -0.1) is 0 Å². The molecule has 2 fully saturated rings. The van der Waals surface area contributed by atoms with Crippen molar-refractivity contribution in [1.82, 2.24) is 29.7 Å². The van der Waals surface area contributed by atoms with Crippen LogP contribution in [0, 0.1) is 6.92 Å². The van der Waals surface area contributed by atoms with Gasteiger partial charge in [0.25, 0.3) is 5.78 Å². The summed E-state index contributed by atoms with van der Waals surface area (Å²) in [7, 11) is 0. The number of aromatic nitrogens is 5. The minimum Gasteiger partial charge on any atom is -0.488 e. The minimum absolute atomic E-state index is 0.0174. The van der Waals surface area contributed by atoms with E-state index >= 15 is 0 Å². The fourth-order valence-electron chi connectivity index (χ4n) is 5.58. The molecular weight excluding hydrogens is 567 g/mol. The van der Waals surface area contributed by atoms with Gasteiger partial charge in [-0.1, -0.05) is 0 Å². The number of alkyl halides is 3. The summed E-state index contributed by atoms with van der Waals surface area (Å²) in [4.78, 5) is 16.6. The summed E-state index contributed by atoms with van der Waals surface area (Å²) in [6.45, 7) is 6.07. The number of morpholine rings is 1. The van der Waals surface area contributed by atoms with Crippen molar-refractivity contribution in [3.05, 3.63) is 54.2 Å². The molecule has 0 amide bonds. The monoisotopic (exact) mass is 599 g/mol. The zero-order valence-electron chi connectivity index (χ0n) is 23.9. The van der Waals surface area contributed by atoms with Crippen LogP contribution in [0.2, 0.25) is 0 Å². The molecular formula is C29H32F3N7O4. The number of anilines is 2. The van der Waals surface area contributed by atoms with Gasteiger partial charge in [-0.05, 0) is 44.5 Å². The van der Waals surface area contributed by atoms with Crippen LogP contribution in [-0.4, -0.2) is 78.4 Å². The molecule has 3 atom stereocenters. The topological polar surface area (TPSA) is 128 Å². The molecule has 11 nitrogen and oxygen atoms in total. The first-order valence-corrected chi connectivity index (χ1v) is 14.0. The fraction of sp³-hybridized carbons (Fsp3) is 0.448. The Balaban J connectivity index is 1.28. The predicted octanol–water partition coefficient (Wildman–Crippen LogP) is 4.06. The molecule has 3 N–H and O–H groups in total. The van der Waals surface area contributed by atoms with Gasteiger partial charge in [-0.3, -0.25) is 14.5 Å². The van der Waals surface area contributed by atoms with Crippen LogP contribution in [0.4, 0.5) is 24.7 Å². The minimum atomic E-state index is -5.12. The Kier molecular flexibility index (Phi) is 7.39. The van der Waals surface area contributed by atoms with Crippen LogP contribution >= 0.6 is 0 Å². The maximum atomic E-state index is 13.3. The van der Waals surface area contributed by atoms with Gasteiger partial charge in [-0.2, -0.15) is 23.4 Å². The maximum absolute atomic E-state index is 13.3. The second-order valence-corrected chi connectivity index (χ2v) is 11.8. The Morgan fingerprint density at radius 1 is 1.19 bits per heavy atom. The van der Waals surface area contributed by atoms with E-state index < -0.39 is 23.3 Å². The molecule has 43 heavy (non-hydrogen) atoms. The molecule has 0 spiro atoms. The van der Waals surface area contributed by atoms with Crippen molar-refractivity contribution in [1.29, 1.82) is 0 Å². The summed E-state index contributed by atoms with van der Waals surface area (Å²) < 4.78 is 54.8. The summed E-state index contributed by atoms with van der Waals surface area (Å²) in [5, 5.41) is 24.7. The average molecular weight is 600 g/mol. The summed E-state index contributed by atoms with van der Waals surface area (Å²) in [6.07, 6.45) is 1.26. The van der Waals surface area contributed by atoms with Gasteiger partial charge in [0.1, 0.15) is 11.9 Å². The van der Waals surface area contributed by atoms with E-state index in [9.17, 15) is 23.1 Å². The Hall–Kier alpha value is -4.01. The average Bonchev–Trinajstić information content (AvgIpc) is 3.50. The number of ketones is 1. The van der Waals surface area contributed by atoms with Crippen LogP contribution in [0.1, 0.15) is 42.9 Å². The molecule has 2 aliphatic heterocycles. The summed E-state index contributed by atoms with van der Waals surface area (Å²) >= 11 is 0. The second-order valence-electron chi connectivity index (χ2n) is 11.8. The molecule has 4 aromatic rings. The molecule has 6 rings (SSSR count). The number of hydrogen-bond donors (Lipinski definition) is 3. The van der Waals surface area contributed by atoms with Crippen LogP contribution in [0.3, 0.4) is 0 Å². The highest BCUT2D eigenvalue weighted by molar-refractivity contribution is 6.03. The quantitative estimate of drug-likeness (QED) is 0.257. The second kappa shape index (κ2) is 10.9. The number of fused-ring (bicyclic) bond motifs is 3. The molecule has 228 valence electrons. The van der Waals surface area contributed by atoms with Crippen molar-refractivity contribution >= 4 is 22.8 Å². The lowest BCUT2D eigenvalue weighted by Crippen LogP contribution is -2.56.